The zero-order chi connectivity index (χ0) is 13.4. The Labute approximate surface area is 112 Å². The topological polar surface area (TPSA) is 0 Å². The summed E-state index contributed by atoms with van der Waals surface area (Å²) >= 11 is 0. The van der Waals surface area contributed by atoms with E-state index in [4.69, 9.17) is 0 Å². The van der Waals surface area contributed by atoms with Crippen molar-refractivity contribution >= 4 is 0 Å². The van der Waals surface area contributed by atoms with Gasteiger partial charge in [-0.25, -0.2) is 0 Å². The lowest BCUT2D eigenvalue weighted by Gasteiger charge is -2.14. The molecule has 0 aromatic rings. The summed E-state index contributed by atoms with van der Waals surface area (Å²) in [7, 11) is 0. The molecule has 0 heteroatoms. The first-order valence-corrected chi connectivity index (χ1v) is 7.18. The Kier molecular flexibility index (Phi) is 3.66. The molecule has 0 spiro atoms. The first-order chi connectivity index (χ1) is 8.41. The Morgan fingerprint density at radius 1 is 0.722 bits per heavy atom. The van der Waals surface area contributed by atoms with E-state index in [-0.39, 0.29) is 0 Å². The largest absolute Gasteiger partial charge is 0.0744 e. The molecule has 0 saturated heterocycles. The monoisotopic (exact) mass is 242 g/mol. The van der Waals surface area contributed by atoms with Gasteiger partial charge in [-0.2, -0.15) is 0 Å². The molecule has 98 valence electrons. The summed E-state index contributed by atoms with van der Waals surface area (Å²) in [6, 6.07) is 0. The minimum Gasteiger partial charge on any atom is -0.0744 e. The van der Waals surface area contributed by atoms with Crippen molar-refractivity contribution in [3.05, 3.63) is 45.6 Å². The minimum absolute atomic E-state index is 0.650. The molecule has 0 N–H and O–H groups in total. The first kappa shape index (κ1) is 13.4. The van der Waals surface area contributed by atoms with Gasteiger partial charge in [0, 0.05) is 0 Å². The molecule has 0 bridgehead atoms. The van der Waals surface area contributed by atoms with E-state index in [2.05, 4.69) is 53.7 Å². The van der Waals surface area contributed by atoms with Gasteiger partial charge in [0.1, 0.15) is 0 Å². The Bertz CT molecular complexity index is 434. The van der Waals surface area contributed by atoms with E-state index in [1.807, 2.05) is 0 Å². The Morgan fingerprint density at radius 3 is 1.28 bits per heavy atom. The maximum Gasteiger partial charge on any atom is -0.00399 e. The number of hydrogen-bond acceptors (Lipinski definition) is 0. The molecule has 0 nitrogen and oxygen atoms in total. The zero-order valence-corrected chi connectivity index (χ0v) is 12.7. The number of allylic oxidation sites excluding steroid dienone is 8. The Morgan fingerprint density at radius 2 is 1.06 bits per heavy atom. The molecule has 2 aliphatic carbocycles. The maximum absolute atomic E-state index is 2.41. The SMILES string of the molecule is CC1=CC(C)C(CCC2=C(C)C(C)=CC2C)=C1C. The lowest BCUT2D eigenvalue weighted by atomic mass is 9.91. The molecule has 0 saturated carbocycles. The van der Waals surface area contributed by atoms with Gasteiger partial charge >= 0.3 is 0 Å². The van der Waals surface area contributed by atoms with Gasteiger partial charge in [0.25, 0.3) is 0 Å². The molecule has 0 heterocycles. The normalized spacial score (nSPS) is 28.1. The average molecular weight is 242 g/mol. The number of hydrogen-bond donors (Lipinski definition) is 0. The van der Waals surface area contributed by atoms with Gasteiger partial charge in [-0.3, -0.25) is 0 Å². The molecule has 0 aromatic heterocycles. The van der Waals surface area contributed by atoms with E-state index < -0.39 is 0 Å². The quantitative estimate of drug-likeness (QED) is 0.605. The van der Waals surface area contributed by atoms with Crippen LogP contribution in [0, 0.1) is 11.8 Å². The van der Waals surface area contributed by atoms with E-state index in [1.54, 1.807) is 11.1 Å². The maximum atomic E-state index is 2.41. The molecular weight excluding hydrogens is 216 g/mol. The lowest BCUT2D eigenvalue weighted by Crippen LogP contribution is -1.99. The third-order valence-corrected chi connectivity index (χ3v) is 4.91. The predicted molar refractivity (Wildman–Crippen MR) is 80.5 cm³/mol. The van der Waals surface area contributed by atoms with Crippen LogP contribution in [0.5, 0.6) is 0 Å². The zero-order valence-electron chi connectivity index (χ0n) is 12.7. The van der Waals surface area contributed by atoms with Crippen LogP contribution in [0.25, 0.3) is 0 Å². The third kappa shape index (κ3) is 2.25. The van der Waals surface area contributed by atoms with Crippen LogP contribution in [0.15, 0.2) is 45.6 Å². The molecule has 2 atom stereocenters. The second kappa shape index (κ2) is 4.91. The van der Waals surface area contributed by atoms with E-state index in [0.29, 0.717) is 11.8 Å². The molecule has 0 amide bonds. The molecule has 0 radical (unpaired) electrons. The van der Waals surface area contributed by atoms with Crippen molar-refractivity contribution in [2.75, 3.05) is 0 Å². The summed E-state index contributed by atoms with van der Waals surface area (Å²) < 4.78 is 0. The lowest BCUT2D eigenvalue weighted by molar-refractivity contribution is 0.727. The van der Waals surface area contributed by atoms with Crippen LogP contribution >= 0.6 is 0 Å². The van der Waals surface area contributed by atoms with Crippen LogP contribution in [-0.2, 0) is 0 Å². The van der Waals surface area contributed by atoms with Gasteiger partial charge in [0.2, 0.25) is 0 Å². The van der Waals surface area contributed by atoms with Gasteiger partial charge in [-0.15, -0.1) is 0 Å². The fourth-order valence-electron chi connectivity index (χ4n) is 3.49. The molecule has 2 aliphatic rings. The van der Waals surface area contributed by atoms with Gasteiger partial charge in [-0.05, 0) is 63.5 Å². The number of rotatable bonds is 3. The van der Waals surface area contributed by atoms with Crippen molar-refractivity contribution in [1.29, 1.82) is 0 Å². The highest BCUT2D eigenvalue weighted by Crippen LogP contribution is 2.38. The summed E-state index contributed by atoms with van der Waals surface area (Å²) in [5.74, 6) is 1.30. The molecule has 0 fully saturated rings. The van der Waals surface area contributed by atoms with Crippen LogP contribution in [0.2, 0.25) is 0 Å². The fourth-order valence-corrected chi connectivity index (χ4v) is 3.49. The molecule has 2 rings (SSSR count). The highest BCUT2D eigenvalue weighted by molar-refractivity contribution is 5.44. The highest BCUT2D eigenvalue weighted by atomic mass is 14.3. The molecule has 0 aliphatic heterocycles. The third-order valence-electron chi connectivity index (χ3n) is 4.91. The molecule has 2 unspecified atom stereocenters. The Hall–Kier alpha value is -1.04. The molecular formula is C18H26. The Balaban J connectivity index is 2.07. The summed E-state index contributed by atoms with van der Waals surface area (Å²) in [5, 5.41) is 0. The van der Waals surface area contributed by atoms with Crippen molar-refractivity contribution in [1.82, 2.24) is 0 Å². The van der Waals surface area contributed by atoms with Crippen LogP contribution in [0.4, 0.5) is 0 Å². The standard InChI is InChI=1S/C18H26/c1-11-9-13(3)17(15(11)5)7-8-18-14(4)10-12(2)16(18)6/h9-10,13-14H,7-8H2,1-6H3. The van der Waals surface area contributed by atoms with Crippen molar-refractivity contribution in [3.63, 3.8) is 0 Å². The van der Waals surface area contributed by atoms with E-state index in [9.17, 15) is 0 Å². The summed E-state index contributed by atoms with van der Waals surface area (Å²) in [6.45, 7) is 13.7. The van der Waals surface area contributed by atoms with Gasteiger partial charge in [0.05, 0.1) is 0 Å². The van der Waals surface area contributed by atoms with Crippen LogP contribution in [-0.4, -0.2) is 0 Å². The first-order valence-electron chi connectivity index (χ1n) is 7.18. The van der Waals surface area contributed by atoms with Crippen LogP contribution in [0.3, 0.4) is 0 Å². The minimum atomic E-state index is 0.650. The van der Waals surface area contributed by atoms with E-state index in [0.717, 1.165) is 0 Å². The second-order valence-corrected chi connectivity index (χ2v) is 6.08. The second-order valence-electron chi connectivity index (χ2n) is 6.08. The van der Waals surface area contributed by atoms with Crippen molar-refractivity contribution < 1.29 is 0 Å². The summed E-state index contributed by atoms with van der Waals surface area (Å²) in [4.78, 5) is 0. The van der Waals surface area contributed by atoms with E-state index in [1.165, 1.54) is 35.1 Å². The van der Waals surface area contributed by atoms with Crippen molar-refractivity contribution in [2.24, 2.45) is 11.8 Å². The van der Waals surface area contributed by atoms with Crippen molar-refractivity contribution in [3.8, 4) is 0 Å². The molecule has 18 heavy (non-hydrogen) atoms. The van der Waals surface area contributed by atoms with E-state index >= 15 is 0 Å². The van der Waals surface area contributed by atoms with Gasteiger partial charge in [-0.1, -0.05) is 48.3 Å². The van der Waals surface area contributed by atoms with Crippen LogP contribution < -0.4 is 0 Å². The van der Waals surface area contributed by atoms with Crippen molar-refractivity contribution in [2.45, 2.75) is 54.4 Å². The predicted octanol–water partition coefficient (Wildman–Crippen LogP) is 5.59. The smallest absolute Gasteiger partial charge is 0.00399 e. The summed E-state index contributed by atoms with van der Waals surface area (Å²) in [6.07, 6.45) is 7.29. The average Bonchev–Trinajstić information content (AvgIpc) is 2.67. The van der Waals surface area contributed by atoms with Crippen LogP contribution in [0.1, 0.15) is 54.4 Å². The van der Waals surface area contributed by atoms with Gasteiger partial charge < -0.3 is 0 Å². The fraction of sp³-hybridized carbons (Fsp3) is 0.556. The van der Waals surface area contributed by atoms with Gasteiger partial charge in [0.15, 0.2) is 0 Å². The highest BCUT2D eigenvalue weighted by Gasteiger charge is 2.21. The summed E-state index contributed by atoms with van der Waals surface area (Å²) in [5.41, 5.74) is 9.36. The molecule has 0 aromatic carbocycles.